The molecule has 0 fully saturated rings. The van der Waals surface area contributed by atoms with E-state index in [1.165, 1.54) is 66.1 Å². The number of rotatable bonds is 8. The highest BCUT2D eigenvalue weighted by atomic mass is 32.1. The van der Waals surface area contributed by atoms with Gasteiger partial charge in [-0.3, -0.25) is 0 Å². The zero-order valence-electron chi connectivity index (χ0n) is 24.6. The molecule has 6 rings (SSSR count). The van der Waals surface area contributed by atoms with Gasteiger partial charge in [0.25, 0.3) is 0 Å². The van der Waals surface area contributed by atoms with Crippen molar-refractivity contribution in [1.82, 2.24) is 5.32 Å². The van der Waals surface area contributed by atoms with E-state index < -0.39 is 0 Å². The van der Waals surface area contributed by atoms with Crippen LogP contribution in [-0.2, 0) is 6.54 Å². The van der Waals surface area contributed by atoms with Gasteiger partial charge in [-0.25, -0.2) is 0 Å². The Morgan fingerprint density at radius 3 is 2.17 bits per heavy atom. The normalized spacial score (nSPS) is 11.0. The van der Waals surface area contributed by atoms with Crippen LogP contribution in [0.4, 0.5) is 0 Å². The predicted octanol–water partition coefficient (Wildman–Crippen LogP) is 10.9. The second-order valence-corrected chi connectivity index (χ2v) is 11.8. The van der Waals surface area contributed by atoms with Gasteiger partial charge >= 0.3 is 0 Å². The highest BCUT2D eigenvalue weighted by molar-refractivity contribution is 7.14. The van der Waals surface area contributed by atoms with E-state index in [0.717, 1.165) is 18.0 Å². The summed E-state index contributed by atoms with van der Waals surface area (Å²) in [6.45, 7) is 7.28. The number of hydrogen-bond acceptors (Lipinski definition) is 3. The molecule has 0 unspecified atom stereocenters. The van der Waals surface area contributed by atoms with Crippen molar-refractivity contribution in [3.8, 4) is 55.3 Å². The minimum atomic E-state index is 0.827. The van der Waals surface area contributed by atoms with E-state index in [9.17, 15) is 0 Å². The lowest BCUT2D eigenvalue weighted by atomic mass is 9.93. The van der Waals surface area contributed by atoms with Gasteiger partial charge in [-0.05, 0) is 120 Å². The summed E-state index contributed by atoms with van der Waals surface area (Å²) in [6, 6.07) is 41.2. The molecule has 0 aliphatic heterocycles. The van der Waals surface area contributed by atoms with E-state index in [-0.39, 0.29) is 0 Å². The Hall–Kier alpha value is -4.44. The molecule has 0 saturated carbocycles. The number of nitrogens with one attached hydrogen (secondary N) is 1. The molecule has 0 aliphatic carbocycles. The average Bonchev–Trinajstić information content (AvgIpc) is 3.49. The van der Waals surface area contributed by atoms with E-state index in [4.69, 9.17) is 4.74 Å². The molecule has 1 aromatic heterocycles. The molecular weight excluding hydrogens is 531 g/mol. The summed E-state index contributed by atoms with van der Waals surface area (Å²) in [4.78, 5) is 1.28. The largest absolute Gasteiger partial charge is 0.457 e. The second kappa shape index (κ2) is 12.2. The minimum Gasteiger partial charge on any atom is -0.457 e. The lowest BCUT2D eigenvalue weighted by molar-refractivity contribution is 0.482. The van der Waals surface area contributed by atoms with Gasteiger partial charge in [0, 0.05) is 17.0 Å². The summed E-state index contributed by atoms with van der Waals surface area (Å²) in [5.74, 6) is 1.67. The molecule has 1 heterocycles. The van der Waals surface area contributed by atoms with Crippen LogP contribution < -0.4 is 10.1 Å². The van der Waals surface area contributed by atoms with Crippen molar-refractivity contribution in [2.75, 3.05) is 7.05 Å². The molecule has 1 N–H and O–H groups in total. The zero-order chi connectivity index (χ0) is 29.1. The first-order valence-corrected chi connectivity index (χ1v) is 15.2. The van der Waals surface area contributed by atoms with Crippen LogP contribution in [0.25, 0.3) is 43.8 Å². The first-order chi connectivity index (χ1) is 20.5. The summed E-state index contributed by atoms with van der Waals surface area (Å²) in [7, 11) is 1.99. The third kappa shape index (κ3) is 5.94. The van der Waals surface area contributed by atoms with Gasteiger partial charge in [-0.2, -0.15) is 0 Å². The highest BCUT2D eigenvalue weighted by Crippen LogP contribution is 2.39. The first kappa shape index (κ1) is 27.7. The Labute approximate surface area is 253 Å². The quantitative estimate of drug-likeness (QED) is 0.198. The van der Waals surface area contributed by atoms with Crippen molar-refractivity contribution in [3.63, 3.8) is 0 Å². The van der Waals surface area contributed by atoms with Crippen LogP contribution in [0.15, 0.2) is 121 Å². The molecule has 2 nitrogen and oxygen atoms in total. The highest BCUT2D eigenvalue weighted by Gasteiger charge is 2.13. The van der Waals surface area contributed by atoms with E-state index in [2.05, 4.69) is 147 Å². The standard InChI is InChI=1S/C39H35NOS/c1-26-8-7-10-31(20-26)39-37(18-19-42-39)33-21-27(2)22-35(23-33)41-34-16-14-29(15-17-34)38-24-30(13-12-28(38)3)36-11-6-5-9-32(36)25-40-4/h5-24,40H,25H2,1-4H3. The SMILES string of the molecule is CNCc1ccccc1-c1ccc(C)c(-c2ccc(Oc3cc(C)cc(-c4ccsc4-c4cccc(C)c4)c3)cc2)c1. The van der Waals surface area contributed by atoms with Crippen molar-refractivity contribution in [2.24, 2.45) is 0 Å². The molecule has 0 atom stereocenters. The number of hydrogen-bond donors (Lipinski definition) is 1. The van der Waals surface area contributed by atoms with E-state index in [1.54, 1.807) is 11.3 Å². The van der Waals surface area contributed by atoms with Crippen LogP contribution in [0, 0.1) is 20.8 Å². The molecule has 0 bridgehead atoms. The van der Waals surface area contributed by atoms with Crippen LogP contribution in [0.3, 0.4) is 0 Å². The summed E-state index contributed by atoms with van der Waals surface area (Å²) in [5.41, 5.74) is 13.6. The molecule has 208 valence electrons. The van der Waals surface area contributed by atoms with E-state index in [1.807, 2.05) is 7.05 Å². The zero-order valence-corrected chi connectivity index (χ0v) is 25.4. The third-order valence-corrected chi connectivity index (χ3v) is 8.61. The van der Waals surface area contributed by atoms with Gasteiger partial charge in [0.15, 0.2) is 0 Å². The summed E-state index contributed by atoms with van der Waals surface area (Å²) in [6.07, 6.45) is 0. The molecule has 0 radical (unpaired) electrons. The molecule has 0 saturated heterocycles. The van der Waals surface area contributed by atoms with Crippen molar-refractivity contribution >= 4 is 11.3 Å². The number of thiophene rings is 1. The molecule has 42 heavy (non-hydrogen) atoms. The van der Waals surface area contributed by atoms with Gasteiger partial charge in [-0.1, -0.05) is 84.4 Å². The van der Waals surface area contributed by atoms with Gasteiger partial charge < -0.3 is 10.1 Å². The fraction of sp³-hybridized carbons (Fsp3) is 0.128. The van der Waals surface area contributed by atoms with Crippen molar-refractivity contribution < 1.29 is 4.74 Å². The average molecular weight is 566 g/mol. The first-order valence-electron chi connectivity index (χ1n) is 14.4. The van der Waals surface area contributed by atoms with Crippen LogP contribution in [0.5, 0.6) is 11.5 Å². The molecule has 0 spiro atoms. The monoisotopic (exact) mass is 565 g/mol. The third-order valence-electron chi connectivity index (χ3n) is 7.64. The molecule has 3 heteroatoms. The summed E-state index contributed by atoms with van der Waals surface area (Å²) < 4.78 is 6.42. The fourth-order valence-corrected chi connectivity index (χ4v) is 6.51. The van der Waals surface area contributed by atoms with Crippen molar-refractivity contribution in [2.45, 2.75) is 27.3 Å². The molecule has 5 aromatic carbocycles. The van der Waals surface area contributed by atoms with E-state index in [0.29, 0.717) is 0 Å². The van der Waals surface area contributed by atoms with Gasteiger partial charge in [-0.15, -0.1) is 11.3 Å². The maximum Gasteiger partial charge on any atom is 0.128 e. The van der Waals surface area contributed by atoms with Crippen LogP contribution in [0.2, 0.25) is 0 Å². The number of aryl methyl sites for hydroxylation is 3. The Balaban J connectivity index is 1.27. The topological polar surface area (TPSA) is 21.3 Å². The van der Waals surface area contributed by atoms with Crippen LogP contribution in [-0.4, -0.2) is 7.05 Å². The van der Waals surface area contributed by atoms with Gasteiger partial charge in [0.05, 0.1) is 0 Å². The smallest absolute Gasteiger partial charge is 0.128 e. The predicted molar refractivity (Wildman–Crippen MR) is 180 cm³/mol. The maximum absolute atomic E-state index is 6.42. The van der Waals surface area contributed by atoms with Crippen LogP contribution in [0.1, 0.15) is 22.3 Å². The lowest BCUT2D eigenvalue weighted by Crippen LogP contribution is -2.06. The molecular formula is C39H35NOS. The Morgan fingerprint density at radius 2 is 1.36 bits per heavy atom. The minimum absolute atomic E-state index is 0.827. The van der Waals surface area contributed by atoms with Crippen molar-refractivity contribution in [3.05, 3.63) is 143 Å². The number of benzene rings is 5. The molecule has 0 amide bonds. The van der Waals surface area contributed by atoms with Crippen LogP contribution >= 0.6 is 11.3 Å². The summed E-state index contributed by atoms with van der Waals surface area (Å²) in [5, 5.41) is 5.46. The summed E-state index contributed by atoms with van der Waals surface area (Å²) >= 11 is 1.78. The number of ether oxygens (including phenoxy) is 1. The maximum atomic E-state index is 6.42. The second-order valence-electron chi connectivity index (χ2n) is 10.9. The Morgan fingerprint density at radius 1 is 0.571 bits per heavy atom. The Kier molecular flexibility index (Phi) is 8.05. The van der Waals surface area contributed by atoms with Gasteiger partial charge in [0.1, 0.15) is 11.5 Å². The van der Waals surface area contributed by atoms with E-state index >= 15 is 0 Å². The fourth-order valence-electron chi connectivity index (χ4n) is 5.59. The van der Waals surface area contributed by atoms with Gasteiger partial charge in [0.2, 0.25) is 0 Å². The molecule has 0 aliphatic rings. The van der Waals surface area contributed by atoms with Crippen molar-refractivity contribution in [1.29, 1.82) is 0 Å². The lowest BCUT2D eigenvalue weighted by Gasteiger charge is -2.14. The molecule has 6 aromatic rings. The Bertz CT molecular complexity index is 1850.